The van der Waals surface area contributed by atoms with Crippen LogP contribution in [0.1, 0.15) is 5.56 Å². The molecule has 1 fully saturated rings. The van der Waals surface area contributed by atoms with Gasteiger partial charge in [-0.3, -0.25) is 9.69 Å². The maximum atomic E-state index is 12.9. The Bertz CT molecular complexity index is 990. The average molecular weight is 462 g/mol. The molecule has 166 valence electrons. The molecule has 1 aliphatic heterocycles. The molecule has 0 aromatic heterocycles. The predicted octanol–water partition coefficient (Wildman–Crippen LogP) is 2.90. The summed E-state index contributed by atoms with van der Waals surface area (Å²) in [6.07, 6.45) is 2.65. The predicted molar refractivity (Wildman–Crippen MR) is 124 cm³/mol. The Morgan fingerprint density at radius 2 is 1.68 bits per heavy atom. The first-order valence-corrected chi connectivity index (χ1v) is 12.1. The van der Waals surface area contributed by atoms with Crippen molar-refractivity contribution in [3.8, 4) is 0 Å². The molecule has 0 radical (unpaired) electrons. The molecule has 8 heteroatoms. The summed E-state index contributed by atoms with van der Waals surface area (Å²) < 4.78 is 27.2. The fourth-order valence-corrected chi connectivity index (χ4v) is 5.53. The molecule has 2 aromatic rings. The van der Waals surface area contributed by atoms with E-state index in [0.29, 0.717) is 19.6 Å². The van der Waals surface area contributed by atoms with Gasteiger partial charge in [0, 0.05) is 39.3 Å². The number of hydrogen-bond acceptors (Lipinski definition) is 4. The normalized spacial score (nSPS) is 15.2. The standard InChI is InChI=1S/C23H28ClN3O3S/c1-2-13-25(14-12-20-8-4-3-5-9-20)19-23(28)26-15-17-27(18-16-26)31(29,30)22-11-7-6-10-21(22)24/h2-11H,1,12-19H2. The molecular weight excluding hydrogens is 434 g/mol. The number of carbonyl (C=O) groups excluding carboxylic acids is 1. The molecule has 31 heavy (non-hydrogen) atoms. The highest BCUT2D eigenvalue weighted by atomic mass is 35.5. The summed E-state index contributed by atoms with van der Waals surface area (Å²) in [4.78, 5) is 16.7. The minimum absolute atomic E-state index is 0.00435. The van der Waals surface area contributed by atoms with Crippen molar-refractivity contribution >= 4 is 27.5 Å². The van der Waals surface area contributed by atoms with E-state index in [1.165, 1.54) is 15.9 Å². The summed E-state index contributed by atoms with van der Waals surface area (Å²) in [7, 11) is -3.67. The van der Waals surface area contributed by atoms with Crippen LogP contribution < -0.4 is 0 Å². The van der Waals surface area contributed by atoms with Crippen molar-refractivity contribution in [1.29, 1.82) is 0 Å². The lowest BCUT2D eigenvalue weighted by atomic mass is 10.1. The van der Waals surface area contributed by atoms with Crippen LogP contribution in [0.15, 0.2) is 72.1 Å². The molecule has 0 aliphatic carbocycles. The molecule has 0 unspecified atom stereocenters. The first-order chi connectivity index (χ1) is 14.9. The van der Waals surface area contributed by atoms with Gasteiger partial charge in [0.25, 0.3) is 0 Å². The van der Waals surface area contributed by atoms with E-state index in [1.807, 2.05) is 18.2 Å². The number of rotatable bonds is 9. The highest BCUT2D eigenvalue weighted by Crippen LogP contribution is 2.25. The van der Waals surface area contributed by atoms with Gasteiger partial charge in [-0.2, -0.15) is 4.31 Å². The van der Waals surface area contributed by atoms with E-state index in [-0.39, 0.29) is 35.5 Å². The van der Waals surface area contributed by atoms with Crippen molar-refractivity contribution in [2.75, 3.05) is 45.8 Å². The fraction of sp³-hybridized carbons (Fsp3) is 0.348. The van der Waals surface area contributed by atoms with E-state index in [2.05, 4.69) is 23.6 Å². The third-order valence-electron chi connectivity index (χ3n) is 5.35. The summed E-state index contributed by atoms with van der Waals surface area (Å²) in [6.45, 7) is 6.70. The zero-order valence-corrected chi connectivity index (χ0v) is 19.1. The zero-order chi connectivity index (χ0) is 22.3. The Hall–Kier alpha value is -2.19. The quantitative estimate of drug-likeness (QED) is 0.539. The largest absolute Gasteiger partial charge is 0.339 e. The molecule has 1 aliphatic rings. The van der Waals surface area contributed by atoms with E-state index in [9.17, 15) is 13.2 Å². The molecule has 0 saturated carbocycles. The second-order valence-electron chi connectivity index (χ2n) is 7.47. The molecule has 3 rings (SSSR count). The highest BCUT2D eigenvalue weighted by molar-refractivity contribution is 7.89. The smallest absolute Gasteiger partial charge is 0.244 e. The van der Waals surface area contributed by atoms with Crippen LogP contribution in [0.5, 0.6) is 0 Å². The Kier molecular flexibility index (Phi) is 8.26. The van der Waals surface area contributed by atoms with E-state index >= 15 is 0 Å². The van der Waals surface area contributed by atoms with Crippen LogP contribution in [-0.2, 0) is 21.2 Å². The summed E-state index contributed by atoms with van der Waals surface area (Å²) >= 11 is 6.08. The molecule has 6 nitrogen and oxygen atoms in total. The molecule has 0 N–H and O–H groups in total. The molecule has 2 aromatic carbocycles. The molecular formula is C23H28ClN3O3S. The molecule has 0 spiro atoms. The van der Waals surface area contributed by atoms with Crippen molar-refractivity contribution in [3.63, 3.8) is 0 Å². The van der Waals surface area contributed by atoms with Crippen LogP contribution in [-0.4, -0.2) is 74.2 Å². The third-order valence-corrected chi connectivity index (χ3v) is 7.75. The van der Waals surface area contributed by atoms with Gasteiger partial charge in [-0.1, -0.05) is 60.1 Å². The highest BCUT2D eigenvalue weighted by Gasteiger charge is 2.31. The first kappa shape index (κ1) is 23.5. The van der Waals surface area contributed by atoms with Crippen molar-refractivity contribution in [3.05, 3.63) is 77.8 Å². The second kappa shape index (κ2) is 10.9. The number of nitrogens with zero attached hydrogens (tertiary/aromatic N) is 3. The molecule has 1 amide bonds. The lowest BCUT2D eigenvalue weighted by molar-refractivity contribution is -0.133. The van der Waals surface area contributed by atoms with E-state index in [4.69, 9.17) is 11.6 Å². The van der Waals surface area contributed by atoms with Crippen LogP contribution in [0.25, 0.3) is 0 Å². The summed E-state index contributed by atoms with van der Waals surface area (Å²) in [6, 6.07) is 16.6. The number of amides is 1. The molecule has 0 atom stereocenters. The lowest BCUT2D eigenvalue weighted by Crippen LogP contribution is -2.52. The van der Waals surface area contributed by atoms with Crippen molar-refractivity contribution in [1.82, 2.24) is 14.1 Å². The van der Waals surface area contributed by atoms with E-state index in [1.54, 1.807) is 29.2 Å². The summed E-state index contributed by atoms with van der Waals surface area (Å²) in [5.74, 6) is 0.00435. The lowest BCUT2D eigenvalue weighted by Gasteiger charge is -2.35. The van der Waals surface area contributed by atoms with Crippen LogP contribution in [0.2, 0.25) is 5.02 Å². The minimum Gasteiger partial charge on any atom is -0.339 e. The van der Waals surface area contributed by atoms with Crippen LogP contribution in [0.3, 0.4) is 0 Å². The molecule has 1 saturated heterocycles. The summed E-state index contributed by atoms with van der Waals surface area (Å²) in [5.41, 5.74) is 1.22. The Morgan fingerprint density at radius 1 is 1.03 bits per heavy atom. The molecule has 0 bridgehead atoms. The van der Waals surface area contributed by atoms with Crippen LogP contribution in [0.4, 0.5) is 0 Å². The van der Waals surface area contributed by atoms with E-state index < -0.39 is 10.0 Å². The fourth-order valence-electron chi connectivity index (χ4n) is 3.61. The van der Waals surface area contributed by atoms with E-state index in [0.717, 1.165) is 13.0 Å². The van der Waals surface area contributed by atoms with Gasteiger partial charge >= 0.3 is 0 Å². The van der Waals surface area contributed by atoms with Gasteiger partial charge in [-0.15, -0.1) is 6.58 Å². The van der Waals surface area contributed by atoms with Crippen molar-refractivity contribution in [2.45, 2.75) is 11.3 Å². The monoisotopic (exact) mass is 461 g/mol. The maximum absolute atomic E-state index is 12.9. The van der Waals surface area contributed by atoms with Crippen molar-refractivity contribution < 1.29 is 13.2 Å². The van der Waals surface area contributed by atoms with Crippen LogP contribution in [0, 0.1) is 0 Å². The zero-order valence-electron chi connectivity index (χ0n) is 17.5. The van der Waals surface area contributed by atoms with Gasteiger partial charge in [0.2, 0.25) is 15.9 Å². The van der Waals surface area contributed by atoms with Crippen LogP contribution >= 0.6 is 11.6 Å². The van der Waals surface area contributed by atoms with Gasteiger partial charge in [-0.25, -0.2) is 8.42 Å². The minimum atomic E-state index is -3.67. The maximum Gasteiger partial charge on any atom is 0.244 e. The Morgan fingerprint density at radius 3 is 2.32 bits per heavy atom. The number of halogens is 1. The molecule has 1 heterocycles. The first-order valence-electron chi connectivity index (χ1n) is 10.3. The van der Waals surface area contributed by atoms with Gasteiger partial charge in [0.15, 0.2) is 0 Å². The Balaban J connectivity index is 1.55. The number of hydrogen-bond donors (Lipinski definition) is 0. The number of piperazine rings is 1. The SMILES string of the molecule is C=CCN(CCc1ccccc1)CC(=O)N1CCN(S(=O)(=O)c2ccccc2Cl)CC1. The van der Waals surface area contributed by atoms with Crippen molar-refractivity contribution in [2.24, 2.45) is 0 Å². The van der Waals surface area contributed by atoms with Gasteiger partial charge < -0.3 is 4.90 Å². The average Bonchev–Trinajstić information content (AvgIpc) is 2.78. The number of sulfonamides is 1. The van der Waals surface area contributed by atoms with Gasteiger partial charge in [0.1, 0.15) is 4.90 Å². The number of benzene rings is 2. The third kappa shape index (κ3) is 6.17. The Labute approximate surface area is 189 Å². The summed E-state index contributed by atoms with van der Waals surface area (Å²) in [5, 5.41) is 0.208. The second-order valence-corrected chi connectivity index (χ2v) is 9.79. The topological polar surface area (TPSA) is 60.9 Å². The number of carbonyl (C=O) groups is 1. The van der Waals surface area contributed by atoms with Gasteiger partial charge in [0.05, 0.1) is 11.6 Å². The van der Waals surface area contributed by atoms with Gasteiger partial charge in [-0.05, 0) is 24.1 Å².